The van der Waals surface area contributed by atoms with E-state index in [1.165, 1.54) is 0 Å². The van der Waals surface area contributed by atoms with Gasteiger partial charge >= 0.3 is 5.97 Å². The van der Waals surface area contributed by atoms with Gasteiger partial charge in [0.2, 0.25) is 0 Å². The fourth-order valence-electron chi connectivity index (χ4n) is 2.18. The van der Waals surface area contributed by atoms with Crippen molar-refractivity contribution in [2.45, 2.75) is 32.6 Å². The van der Waals surface area contributed by atoms with Crippen LogP contribution in [0.15, 0.2) is 0 Å². The number of ether oxygens (including phenoxy) is 2. The Labute approximate surface area is 97.5 Å². The van der Waals surface area contributed by atoms with E-state index < -0.39 is 5.41 Å². The number of carbonyl (C=O) groups excluding carboxylic acids is 1. The van der Waals surface area contributed by atoms with Gasteiger partial charge in [-0.2, -0.15) is 0 Å². The third-order valence-electron chi connectivity index (χ3n) is 3.58. The van der Waals surface area contributed by atoms with E-state index >= 15 is 0 Å². The van der Waals surface area contributed by atoms with Crippen LogP contribution in [0.5, 0.6) is 0 Å². The summed E-state index contributed by atoms with van der Waals surface area (Å²) in [4.78, 5) is 12.0. The maximum Gasteiger partial charge on any atom is 0.313 e. The average molecular weight is 229 g/mol. The number of carbonyl (C=O) groups is 1. The second kappa shape index (κ2) is 6.21. The van der Waals surface area contributed by atoms with Crippen LogP contribution < -0.4 is 5.73 Å². The van der Waals surface area contributed by atoms with Crippen LogP contribution in [0.25, 0.3) is 0 Å². The molecule has 0 saturated heterocycles. The van der Waals surface area contributed by atoms with E-state index in [1.54, 1.807) is 7.11 Å². The molecule has 0 radical (unpaired) electrons. The van der Waals surface area contributed by atoms with Crippen molar-refractivity contribution in [1.29, 1.82) is 0 Å². The van der Waals surface area contributed by atoms with Crippen molar-refractivity contribution in [2.24, 2.45) is 17.1 Å². The molecule has 0 atom stereocenters. The Morgan fingerprint density at radius 3 is 2.50 bits per heavy atom. The lowest BCUT2D eigenvalue weighted by Gasteiger charge is -2.36. The van der Waals surface area contributed by atoms with E-state index in [4.69, 9.17) is 15.2 Å². The van der Waals surface area contributed by atoms with Gasteiger partial charge in [0.15, 0.2) is 0 Å². The predicted octanol–water partition coefficient (Wildman–Crippen LogP) is 1.33. The van der Waals surface area contributed by atoms with Gasteiger partial charge in [-0.3, -0.25) is 4.79 Å². The molecule has 0 aromatic heterocycles. The second-order valence-corrected chi connectivity index (χ2v) is 4.80. The van der Waals surface area contributed by atoms with Gasteiger partial charge in [-0.25, -0.2) is 0 Å². The summed E-state index contributed by atoms with van der Waals surface area (Å²) in [5, 5.41) is 0. The van der Waals surface area contributed by atoms with Gasteiger partial charge in [-0.15, -0.1) is 0 Å². The molecule has 4 heteroatoms. The third-order valence-corrected chi connectivity index (χ3v) is 3.58. The molecule has 4 nitrogen and oxygen atoms in total. The first-order valence-electron chi connectivity index (χ1n) is 6.01. The molecule has 94 valence electrons. The summed E-state index contributed by atoms with van der Waals surface area (Å²) in [5.74, 6) is 0.561. The quantitative estimate of drug-likeness (QED) is 0.570. The molecule has 0 amide bonds. The standard InChI is InChI=1S/C12H23NO3/c1-10-3-5-12(9-13,6-4-10)11(14)16-8-7-15-2/h10H,3-9,13H2,1-2H3. The van der Waals surface area contributed by atoms with Crippen LogP contribution in [-0.2, 0) is 14.3 Å². The van der Waals surface area contributed by atoms with E-state index in [9.17, 15) is 4.79 Å². The monoisotopic (exact) mass is 229 g/mol. The predicted molar refractivity (Wildman–Crippen MR) is 62.0 cm³/mol. The van der Waals surface area contributed by atoms with E-state index in [1.807, 2.05) is 0 Å². The maximum absolute atomic E-state index is 12.0. The molecule has 1 rings (SSSR count). The SMILES string of the molecule is COCCOC(=O)C1(CN)CCC(C)CC1. The van der Waals surface area contributed by atoms with Crippen molar-refractivity contribution < 1.29 is 14.3 Å². The Hall–Kier alpha value is -0.610. The smallest absolute Gasteiger partial charge is 0.313 e. The molecule has 1 aliphatic rings. The number of hydrogen-bond donors (Lipinski definition) is 1. The molecule has 0 heterocycles. The fourth-order valence-corrected chi connectivity index (χ4v) is 2.18. The molecule has 0 aromatic carbocycles. The van der Waals surface area contributed by atoms with Gasteiger partial charge in [-0.1, -0.05) is 6.92 Å². The largest absolute Gasteiger partial charge is 0.463 e. The summed E-state index contributed by atoms with van der Waals surface area (Å²) < 4.78 is 10.1. The third kappa shape index (κ3) is 3.19. The van der Waals surface area contributed by atoms with Crippen LogP contribution in [0.3, 0.4) is 0 Å². The van der Waals surface area contributed by atoms with Crippen LogP contribution in [0.4, 0.5) is 0 Å². The summed E-state index contributed by atoms with van der Waals surface area (Å²) in [6.07, 6.45) is 3.85. The van der Waals surface area contributed by atoms with Crippen LogP contribution in [0.1, 0.15) is 32.6 Å². The first-order chi connectivity index (χ1) is 7.64. The molecule has 16 heavy (non-hydrogen) atoms. The van der Waals surface area contributed by atoms with Crippen molar-refractivity contribution in [3.8, 4) is 0 Å². The molecule has 2 N–H and O–H groups in total. The number of methoxy groups -OCH3 is 1. The highest BCUT2D eigenvalue weighted by Gasteiger charge is 2.41. The van der Waals surface area contributed by atoms with E-state index in [-0.39, 0.29) is 5.97 Å². The summed E-state index contributed by atoms with van der Waals surface area (Å²) in [6.45, 7) is 3.39. The van der Waals surface area contributed by atoms with Crippen LogP contribution in [0, 0.1) is 11.3 Å². The lowest BCUT2D eigenvalue weighted by atomic mass is 9.71. The molecule has 1 saturated carbocycles. The molecular weight excluding hydrogens is 206 g/mol. The summed E-state index contributed by atoms with van der Waals surface area (Å²) in [5.41, 5.74) is 5.33. The average Bonchev–Trinajstić information content (AvgIpc) is 2.31. The van der Waals surface area contributed by atoms with Gasteiger partial charge < -0.3 is 15.2 Å². The van der Waals surface area contributed by atoms with E-state index in [0.29, 0.717) is 25.7 Å². The first kappa shape index (κ1) is 13.5. The summed E-state index contributed by atoms with van der Waals surface area (Å²) in [6, 6.07) is 0. The highest BCUT2D eigenvalue weighted by atomic mass is 16.6. The van der Waals surface area contributed by atoms with E-state index in [2.05, 4.69) is 6.92 Å². The Kier molecular flexibility index (Phi) is 5.22. The zero-order valence-corrected chi connectivity index (χ0v) is 10.3. The molecule has 1 fully saturated rings. The topological polar surface area (TPSA) is 61.5 Å². The number of rotatable bonds is 5. The maximum atomic E-state index is 12.0. The highest BCUT2D eigenvalue weighted by molar-refractivity contribution is 5.77. The molecular formula is C12H23NO3. The van der Waals surface area contributed by atoms with Crippen LogP contribution >= 0.6 is 0 Å². The van der Waals surface area contributed by atoms with Crippen molar-refractivity contribution in [3.63, 3.8) is 0 Å². The lowest BCUT2D eigenvalue weighted by Crippen LogP contribution is -2.43. The molecule has 0 spiro atoms. The fraction of sp³-hybridized carbons (Fsp3) is 0.917. The lowest BCUT2D eigenvalue weighted by molar-refractivity contribution is -0.159. The number of nitrogens with two attached hydrogens (primary N) is 1. The van der Waals surface area contributed by atoms with Crippen molar-refractivity contribution in [3.05, 3.63) is 0 Å². The number of hydrogen-bond acceptors (Lipinski definition) is 4. The molecule has 0 unspecified atom stereocenters. The zero-order chi connectivity index (χ0) is 12.0. The molecule has 1 aliphatic carbocycles. The van der Waals surface area contributed by atoms with Crippen molar-refractivity contribution in [2.75, 3.05) is 26.9 Å². The van der Waals surface area contributed by atoms with Gasteiger partial charge in [-0.05, 0) is 31.6 Å². The highest BCUT2D eigenvalue weighted by Crippen LogP contribution is 2.39. The molecule has 0 aliphatic heterocycles. The minimum atomic E-state index is -0.430. The van der Waals surface area contributed by atoms with Crippen molar-refractivity contribution >= 4 is 5.97 Å². The molecule has 0 bridgehead atoms. The molecule has 0 aromatic rings. The summed E-state index contributed by atoms with van der Waals surface area (Å²) >= 11 is 0. The Balaban J connectivity index is 2.48. The van der Waals surface area contributed by atoms with Gasteiger partial charge in [0.05, 0.1) is 12.0 Å². The Morgan fingerprint density at radius 1 is 1.38 bits per heavy atom. The van der Waals surface area contributed by atoms with E-state index in [0.717, 1.165) is 25.7 Å². The minimum absolute atomic E-state index is 0.140. The second-order valence-electron chi connectivity index (χ2n) is 4.80. The van der Waals surface area contributed by atoms with Gasteiger partial charge in [0.1, 0.15) is 6.61 Å². The van der Waals surface area contributed by atoms with Crippen LogP contribution in [0.2, 0.25) is 0 Å². The Bertz CT molecular complexity index is 222. The Morgan fingerprint density at radius 2 is 2.00 bits per heavy atom. The minimum Gasteiger partial charge on any atom is -0.463 e. The van der Waals surface area contributed by atoms with Crippen LogP contribution in [-0.4, -0.2) is 32.8 Å². The number of esters is 1. The zero-order valence-electron chi connectivity index (χ0n) is 10.3. The summed E-state index contributed by atoms with van der Waals surface area (Å²) in [7, 11) is 1.59. The normalized spacial score (nSPS) is 30.1. The van der Waals surface area contributed by atoms with Gasteiger partial charge in [0.25, 0.3) is 0 Å². The van der Waals surface area contributed by atoms with Crippen molar-refractivity contribution in [1.82, 2.24) is 0 Å². The van der Waals surface area contributed by atoms with Gasteiger partial charge in [0, 0.05) is 13.7 Å². The first-order valence-corrected chi connectivity index (χ1v) is 6.01.